The van der Waals surface area contributed by atoms with Crippen LogP contribution in [-0.2, 0) is 19.9 Å². The predicted octanol–water partition coefficient (Wildman–Crippen LogP) is 9.70. The lowest BCUT2D eigenvalue weighted by Crippen LogP contribution is -2.32. The van der Waals surface area contributed by atoms with Crippen LogP contribution in [0.1, 0.15) is 140 Å². The monoisotopic (exact) mass is 674 g/mol. The smallest absolute Gasteiger partial charge is 0.340 e. The molecule has 3 aromatic carbocycles. The van der Waals surface area contributed by atoms with Crippen molar-refractivity contribution in [1.82, 2.24) is 0 Å². The van der Waals surface area contributed by atoms with Crippen molar-refractivity contribution < 1.29 is 28.6 Å². The normalized spacial score (nSPS) is 29.2. The third-order valence-electron chi connectivity index (χ3n) is 12.8. The highest BCUT2D eigenvalue weighted by Crippen LogP contribution is 2.58. The van der Waals surface area contributed by atoms with Crippen LogP contribution in [-0.4, -0.2) is 17.9 Å². The standard InChI is InChI=1S/C44H50O6/c1-23(2)32-21-35(25(5)19-37(32)48-42(46)39-27-13-7-8-14-28(27)39)44(34-18-12-11-17-31(34)41(45)50-44)36-22-33(24(3)4)38(20-26(36)6)49-43(47)40-29-15-9-10-16-30(29)40/h11-12,17-24,27-30,39-40H,7-10,13-16H2,1-6H3/t27-,28-,29+,30+,44?. The first-order chi connectivity index (χ1) is 24.0. The van der Waals surface area contributed by atoms with Gasteiger partial charge in [-0.05, 0) is 128 Å². The molecule has 4 saturated carbocycles. The summed E-state index contributed by atoms with van der Waals surface area (Å²) in [5.41, 5.74) is 5.27. The van der Waals surface area contributed by atoms with E-state index in [1.807, 2.05) is 50.2 Å². The fourth-order valence-corrected chi connectivity index (χ4v) is 10.0. The highest BCUT2D eigenvalue weighted by molar-refractivity contribution is 5.96. The van der Waals surface area contributed by atoms with E-state index >= 15 is 0 Å². The number of ether oxygens (including phenoxy) is 3. The van der Waals surface area contributed by atoms with Gasteiger partial charge in [-0.2, -0.15) is 0 Å². The second-order valence-corrected chi connectivity index (χ2v) is 16.5. The molecule has 4 aliphatic carbocycles. The summed E-state index contributed by atoms with van der Waals surface area (Å²) < 4.78 is 19.1. The minimum Gasteiger partial charge on any atom is -0.441 e. The van der Waals surface area contributed by atoms with Crippen molar-refractivity contribution in [3.8, 4) is 11.5 Å². The lowest BCUT2D eigenvalue weighted by molar-refractivity contribution is -0.137. The average molecular weight is 675 g/mol. The zero-order valence-corrected chi connectivity index (χ0v) is 30.3. The Hall–Kier alpha value is -3.93. The van der Waals surface area contributed by atoms with Crippen molar-refractivity contribution in [2.24, 2.45) is 35.5 Å². The van der Waals surface area contributed by atoms with E-state index in [1.54, 1.807) is 0 Å². The third-order valence-corrected chi connectivity index (χ3v) is 12.8. The number of hydrogen-bond donors (Lipinski definition) is 0. The topological polar surface area (TPSA) is 78.9 Å². The molecular weight excluding hydrogens is 624 g/mol. The number of fused-ring (bicyclic) bond motifs is 3. The van der Waals surface area contributed by atoms with Gasteiger partial charge in [0.2, 0.25) is 0 Å². The molecule has 6 nitrogen and oxygen atoms in total. The molecule has 1 heterocycles. The van der Waals surface area contributed by atoms with E-state index in [-0.39, 0.29) is 41.6 Å². The average Bonchev–Trinajstić information content (AvgIpc) is 3.98. The zero-order valence-electron chi connectivity index (χ0n) is 30.3. The number of carbonyl (C=O) groups excluding carboxylic acids is 3. The molecule has 50 heavy (non-hydrogen) atoms. The maximum absolute atomic E-state index is 13.8. The van der Waals surface area contributed by atoms with E-state index in [1.165, 1.54) is 25.7 Å². The highest BCUT2D eigenvalue weighted by Gasteiger charge is 2.57. The minimum absolute atomic E-state index is 0.000171. The van der Waals surface area contributed by atoms with E-state index < -0.39 is 5.60 Å². The molecule has 262 valence electrons. The van der Waals surface area contributed by atoms with Gasteiger partial charge < -0.3 is 14.2 Å². The van der Waals surface area contributed by atoms with Crippen LogP contribution >= 0.6 is 0 Å². The Morgan fingerprint density at radius 3 is 1.50 bits per heavy atom. The summed E-state index contributed by atoms with van der Waals surface area (Å²) in [5.74, 6) is 2.51. The number of esters is 3. The van der Waals surface area contributed by atoms with Crippen LogP contribution in [0.25, 0.3) is 0 Å². The molecule has 6 heteroatoms. The number of aryl methyl sites for hydroxylation is 2. The van der Waals surface area contributed by atoms with Crippen LogP contribution in [0.2, 0.25) is 0 Å². The Morgan fingerprint density at radius 2 is 1.08 bits per heavy atom. The van der Waals surface area contributed by atoms with E-state index in [0.717, 1.165) is 64.6 Å². The molecule has 5 atom stereocenters. The van der Waals surface area contributed by atoms with Gasteiger partial charge in [-0.3, -0.25) is 9.59 Å². The van der Waals surface area contributed by atoms with Crippen LogP contribution in [0.4, 0.5) is 0 Å². The van der Waals surface area contributed by atoms with E-state index in [2.05, 4.69) is 39.8 Å². The Morgan fingerprint density at radius 1 is 0.660 bits per heavy atom. The second-order valence-electron chi connectivity index (χ2n) is 16.5. The molecule has 4 fully saturated rings. The number of benzene rings is 3. The molecule has 0 saturated heterocycles. The van der Waals surface area contributed by atoms with Crippen LogP contribution in [0.3, 0.4) is 0 Å². The summed E-state index contributed by atoms with van der Waals surface area (Å²) in [7, 11) is 0. The number of carbonyl (C=O) groups is 3. The van der Waals surface area contributed by atoms with Gasteiger partial charge in [0.25, 0.3) is 0 Å². The number of cyclic esters (lactones) is 1. The Kier molecular flexibility index (Phi) is 8.23. The molecule has 0 N–H and O–H groups in total. The van der Waals surface area contributed by atoms with Gasteiger partial charge in [0.15, 0.2) is 5.60 Å². The summed E-state index contributed by atoms with van der Waals surface area (Å²) in [6, 6.07) is 15.7. The Labute approximate surface area is 296 Å². The summed E-state index contributed by atoms with van der Waals surface area (Å²) in [5, 5.41) is 0. The van der Waals surface area contributed by atoms with Gasteiger partial charge >= 0.3 is 17.9 Å². The first-order valence-electron chi connectivity index (χ1n) is 19.1. The molecule has 0 spiro atoms. The zero-order chi connectivity index (χ0) is 35.1. The minimum atomic E-state index is -1.25. The second kappa shape index (κ2) is 12.4. The van der Waals surface area contributed by atoms with Crippen molar-refractivity contribution in [2.75, 3.05) is 0 Å². The van der Waals surface area contributed by atoms with Gasteiger partial charge in [-0.25, -0.2) is 4.79 Å². The summed E-state index contributed by atoms with van der Waals surface area (Å²) in [4.78, 5) is 40.8. The molecule has 1 aliphatic heterocycles. The Balaban J connectivity index is 1.22. The lowest BCUT2D eigenvalue weighted by Gasteiger charge is -2.34. The van der Waals surface area contributed by atoms with Gasteiger partial charge in [0.1, 0.15) is 11.5 Å². The maximum atomic E-state index is 13.8. The quantitative estimate of drug-likeness (QED) is 0.175. The predicted molar refractivity (Wildman–Crippen MR) is 191 cm³/mol. The molecule has 0 radical (unpaired) electrons. The van der Waals surface area contributed by atoms with E-state index in [9.17, 15) is 14.4 Å². The number of hydrogen-bond acceptors (Lipinski definition) is 6. The molecular formula is C44H50O6. The SMILES string of the molecule is Cc1cc(OC(=O)C2[C@H]3CCCC[C@H]23)c(C(C)C)cc1C1(c2cc(C(C)C)c(OC(=O)C3[C@@H]4CCCC[C@@H]34)cc2C)OC(=O)c2ccccc21. The van der Waals surface area contributed by atoms with Crippen LogP contribution in [0.5, 0.6) is 11.5 Å². The molecule has 5 aliphatic rings. The van der Waals surface area contributed by atoms with Gasteiger partial charge in [-0.15, -0.1) is 0 Å². The summed E-state index contributed by atoms with van der Waals surface area (Å²) in [6.45, 7) is 12.4. The lowest BCUT2D eigenvalue weighted by atomic mass is 9.74. The van der Waals surface area contributed by atoms with Crippen LogP contribution < -0.4 is 9.47 Å². The summed E-state index contributed by atoms with van der Waals surface area (Å²) in [6.07, 6.45) is 9.24. The van der Waals surface area contributed by atoms with Crippen molar-refractivity contribution in [2.45, 2.75) is 110 Å². The van der Waals surface area contributed by atoms with Crippen molar-refractivity contribution in [3.05, 3.63) is 93.0 Å². The number of rotatable bonds is 8. The van der Waals surface area contributed by atoms with E-state index in [0.29, 0.717) is 40.7 Å². The third kappa shape index (κ3) is 5.31. The molecule has 8 rings (SSSR count). The van der Waals surface area contributed by atoms with E-state index in [4.69, 9.17) is 14.2 Å². The fourth-order valence-electron chi connectivity index (χ4n) is 10.0. The first kappa shape index (κ1) is 33.2. The van der Waals surface area contributed by atoms with Crippen molar-refractivity contribution in [3.63, 3.8) is 0 Å². The largest absolute Gasteiger partial charge is 0.441 e. The van der Waals surface area contributed by atoms with Gasteiger partial charge in [0.05, 0.1) is 17.4 Å². The summed E-state index contributed by atoms with van der Waals surface area (Å²) >= 11 is 0. The molecule has 1 unspecified atom stereocenters. The van der Waals surface area contributed by atoms with Crippen molar-refractivity contribution >= 4 is 17.9 Å². The molecule has 0 aromatic heterocycles. The maximum Gasteiger partial charge on any atom is 0.340 e. The molecule has 3 aromatic rings. The Bertz CT molecular complexity index is 1760. The van der Waals surface area contributed by atoms with Crippen LogP contribution in [0, 0.1) is 49.4 Å². The molecule has 0 amide bonds. The van der Waals surface area contributed by atoms with Gasteiger partial charge in [0, 0.05) is 16.7 Å². The van der Waals surface area contributed by atoms with Gasteiger partial charge in [-0.1, -0.05) is 71.6 Å². The van der Waals surface area contributed by atoms with Crippen molar-refractivity contribution in [1.29, 1.82) is 0 Å². The fraction of sp³-hybridized carbons (Fsp3) is 0.523. The molecule has 0 bridgehead atoms. The first-order valence-corrected chi connectivity index (χ1v) is 19.1. The van der Waals surface area contributed by atoms with Crippen LogP contribution in [0.15, 0.2) is 48.5 Å². The highest BCUT2D eigenvalue weighted by atomic mass is 16.6.